The van der Waals surface area contributed by atoms with Crippen LogP contribution in [0.2, 0.25) is 0 Å². The average molecular weight is 309 g/mol. The largest absolute Gasteiger partial charge is 0.480 e. The fraction of sp³-hybridized carbons (Fsp3) is 0.500. The van der Waals surface area contributed by atoms with Crippen molar-refractivity contribution in [3.05, 3.63) is 35.4 Å². The summed E-state index contributed by atoms with van der Waals surface area (Å²) < 4.78 is 0. The van der Waals surface area contributed by atoms with Gasteiger partial charge in [-0.05, 0) is 24.5 Å². The first-order valence-electron chi connectivity index (χ1n) is 7.32. The molecule has 0 bridgehead atoms. The van der Waals surface area contributed by atoms with Gasteiger partial charge in [0.1, 0.15) is 6.04 Å². The van der Waals surface area contributed by atoms with Crippen molar-refractivity contribution in [1.29, 1.82) is 0 Å². The molecular formula is C16H23NO3S. The number of aliphatic carboxylic acids is 1. The maximum atomic E-state index is 12.2. The number of unbranched alkanes of at least 4 members (excludes halogenated alkanes) is 3. The summed E-state index contributed by atoms with van der Waals surface area (Å²) in [6, 6.07) is 6.40. The third-order valence-electron chi connectivity index (χ3n) is 3.35. The number of carbonyl (C=O) groups excluding carboxylic acids is 1. The summed E-state index contributed by atoms with van der Waals surface area (Å²) in [6.07, 6.45) is 5.37. The normalized spacial score (nSPS) is 11.9. The molecule has 5 heteroatoms. The molecule has 0 aliphatic heterocycles. The van der Waals surface area contributed by atoms with E-state index in [2.05, 4.69) is 24.9 Å². The van der Waals surface area contributed by atoms with Crippen LogP contribution in [0.4, 0.5) is 0 Å². The van der Waals surface area contributed by atoms with E-state index in [1.165, 1.54) is 12.8 Å². The maximum absolute atomic E-state index is 12.2. The van der Waals surface area contributed by atoms with Crippen LogP contribution in [0.1, 0.15) is 48.5 Å². The van der Waals surface area contributed by atoms with Gasteiger partial charge in [0.15, 0.2) is 0 Å². The Balaban J connectivity index is 2.72. The van der Waals surface area contributed by atoms with Gasteiger partial charge in [0.2, 0.25) is 0 Å². The van der Waals surface area contributed by atoms with Crippen molar-refractivity contribution >= 4 is 24.5 Å². The number of hydrogen-bond acceptors (Lipinski definition) is 3. The minimum Gasteiger partial charge on any atom is -0.480 e. The number of carboxylic acid groups (broad SMARTS) is 1. The van der Waals surface area contributed by atoms with Gasteiger partial charge < -0.3 is 10.4 Å². The predicted molar refractivity (Wildman–Crippen MR) is 87.0 cm³/mol. The third-order valence-corrected chi connectivity index (χ3v) is 3.71. The second kappa shape index (κ2) is 9.45. The number of rotatable bonds is 9. The molecule has 2 N–H and O–H groups in total. The van der Waals surface area contributed by atoms with E-state index in [0.29, 0.717) is 5.56 Å². The van der Waals surface area contributed by atoms with E-state index in [4.69, 9.17) is 5.11 Å². The molecule has 0 saturated carbocycles. The van der Waals surface area contributed by atoms with E-state index < -0.39 is 12.0 Å². The van der Waals surface area contributed by atoms with Crippen LogP contribution in [0.25, 0.3) is 0 Å². The molecule has 0 aliphatic carbocycles. The molecule has 0 unspecified atom stereocenters. The van der Waals surface area contributed by atoms with Crippen molar-refractivity contribution in [3.63, 3.8) is 0 Å². The van der Waals surface area contributed by atoms with Crippen molar-refractivity contribution in [2.75, 3.05) is 5.75 Å². The van der Waals surface area contributed by atoms with Gasteiger partial charge in [-0.1, -0.05) is 44.4 Å². The first kappa shape index (κ1) is 17.6. The molecule has 1 amide bonds. The van der Waals surface area contributed by atoms with Gasteiger partial charge in [0.05, 0.1) is 0 Å². The lowest BCUT2D eigenvalue weighted by Gasteiger charge is -2.14. The Morgan fingerprint density at radius 2 is 1.95 bits per heavy atom. The van der Waals surface area contributed by atoms with Crippen molar-refractivity contribution in [1.82, 2.24) is 5.32 Å². The second-order valence-electron chi connectivity index (χ2n) is 5.01. The minimum absolute atomic E-state index is 0.0692. The average Bonchev–Trinajstić information content (AvgIpc) is 2.49. The quantitative estimate of drug-likeness (QED) is 0.485. The number of aryl methyl sites for hydroxylation is 1. The molecule has 0 saturated heterocycles. The van der Waals surface area contributed by atoms with Gasteiger partial charge in [0.25, 0.3) is 5.91 Å². The highest BCUT2D eigenvalue weighted by atomic mass is 32.1. The number of carboxylic acids is 1. The van der Waals surface area contributed by atoms with E-state index in [-0.39, 0.29) is 11.7 Å². The summed E-state index contributed by atoms with van der Waals surface area (Å²) in [5.74, 6) is -1.35. The smallest absolute Gasteiger partial charge is 0.327 e. The zero-order valence-corrected chi connectivity index (χ0v) is 13.2. The molecule has 0 heterocycles. The molecule has 0 aromatic heterocycles. The van der Waals surface area contributed by atoms with Gasteiger partial charge in [-0.15, -0.1) is 0 Å². The van der Waals surface area contributed by atoms with Gasteiger partial charge in [-0.3, -0.25) is 4.79 Å². The standard InChI is InChI=1S/C16H23NO3S/c1-2-3-4-5-8-12-9-6-7-10-13(12)15(18)17-14(11-21)16(19)20/h6-7,9-10,14,21H,2-5,8,11H2,1H3,(H,17,18)(H,19,20)/t14-/m0/s1. The van der Waals surface area contributed by atoms with Gasteiger partial charge in [-0.25, -0.2) is 4.79 Å². The van der Waals surface area contributed by atoms with Gasteiger partial charge in [0, 0.05) is 11.3 Å². The Morgan fingerprint density at radius 3 is 2.57 bits per heavy atom. The van der Waals surface area contributed by atoms with Crippen LogP contribution in [-0.2, 0) is 11.2 Å². The molecule has 116 valence electrons. The molecule has 0 radical (unpaired) electrons. The summed E-state index contributed by atoms with van der Waals surface area (Å²) in [5.41, 5.74) is 1.52. The van der Waals surface area contributed by atoms with E-state index in [1.807, 2.05) is 12.1 Å². The fourth-order valence-corrected chi connectivity index (χ4v) is 2.37. The van der Waals surface area contributed by atoms with Crippen LogP contribution in [-0.4, -0.2) is 28.8 Å². The number of thiol groups is 1. The van der Waals surface area contributed by atoms with Crippen molar-refractivity contribution in [2.45, 2.75) is 45.1 Å². The number of amides is 1. The van der Waals surface area contributed by atoms with E-state index >= 15 is 0 Å². The first-order chi connectivity index (χ1) is 10.1. The monoisotopic (exact) mass is 309 g/mol. The van der Waals surface area contributed by atoms with Crippen LogP contribution in [0, 0.1) is 0 Å². The number of nitrogens with one attached hydrogen (secondary N) is 1. The van der Waals surface area contributed by atoms with Gasteiger partial charge >= 0.3 is 5.97 Å². The lowest BCUT2D eigenvalue weighted by molar-refractivity contribution is -0.138. The first-order valence-corrected chi connectivity index (χ1v) is 7.95. The zero-order valence-electron chi connectivity index (χ0n) is 12.3. The maximum Gasteiger partial charge on any atom is 0.327 e. The summed E-state index contributed by atoms with van der Waals surface area (Å²) in [5, 5.41) is 11.5. The Kier molecular flexibility index (Phi) is 7.90. The molecule has 0 aliphatic rings. The number of benzene rings is 1. The van der Waals surface area contributed by atoms with E-state index in [0.717, 1.165) is 24.8 Å². The van der Waals surface area contributed by atoms with Crippen LogP contribution in [0.5, 0.6) is 0 Å². The zero-order chi connectivity index (χ0) is 15.7. The molecule has 21 heavy (non-hydrogen) atoms. The molecule has 1 atom stereocenters. The summed E-state index contributed by atoms with van der Waals surface area (Å²) >= 11 is 3.95. The lowest BCUT2D eigenvalue weighted by atomic mass is 10.00. The molecule has 4 nitrogen and oxygen atoms in total. The van der Waals surface area contributed by atoms with Crippen molar-refractivity contribution in [2.24, 2.45) is 0 Å². The predicted octanol–water partition coefficient (Wildman–Crippen LogP) is 2.92. The third kappa shape index (κ3) is 5.79. The summed E-state index contributed by atoms with van der Waals surface area (Å²) in [7, 11) is 0. The molecule has 1 rings (SSSR count). The minimum atomic E-state index is -1.07. The molecule has 1 aromatic rings. The highest BCUT2D eigenvalue weighted by molar-refractivity contribution is 7.80. The fourth-order valence-electron chi connectivity index (χ4n) is 2.12. The Bertz CT molecular complexity index is 476. The molecule has 0 spiro atoms. The highest BCUT2D eigenvalue weighted by Gasteiger charge is 2.20. The second-order valence-corrected chi connectivity index (χ2v) is 5.38. The van der Waals surface area contributed by atoms with Gasteiger partial charge in [-0.2, -0.15) is 12.6 Å². The van der Waals surface area contributed by atoms with E-state index in [1.54, 1.807) is 12.1 Å². The summed E-state index contributed by atoms with van der Waals surface area (Å²) in [4.78, 5) is 23.2. The summed E-state index contributed by atoms with van der Waals surface area (Å²) in [6.45, 7) is 2.16. The Morgan fingerprint density at radius 1 is 1.24 bits per heavy atom. The molecule has 1 aromatic carbocycles. The van der Waals surface area contributed by atoms with Crippen molar-refractivity contribution < 1.29 is 14.7 Å². The lowest BCUT2D eigenvalue weighted by Crippen LogP contribution is -2.42. The van der Waals surface area contributed by atoms with Crippen LogP contribution in [0.3, 0.4) is 0 Å². The SMILES string of the molecule is CCCCCCc1ccccc1C(=O)N[C@@H](CS)C(=O)O. The molecular weight excluding hydrogens is 286 g/mol. The Hall–Kier alpha value is -1.49. The van der Waals surface area contributed by atoms with Crippen LogP contribution in [0.15, 0.2) is 24.3 Å². The topological polar surface area (TPSA) is 66.4 Å². The molecule has 0 fully saturated rings. The highest BCUT2D eigenvalue weighted by Crippen LogP contribution is 2.13. The van der Waals surface area contributed by atoms with E-state index in [9.17, 15) is 9.59 Å². The van der Waals surface area contributed by atoms with Crippen LogP contribution >= 0.6 is 12.6 Å². The van der Waals surface area contributed by atoms with Crippen molar-refractivity contribution in [3.8, 4) is 0 Å². The number of carbonyl (C=O) groups is 2. The Labute approximate surface area is 131 Å². The number of hydrogen-bond donors (Lipinski definition) is 3. The van der Waals surface area contributed by atoms with Crippen LogP contribution < -0.4 is 5.32 Å².